The van der Waals surface area contributed by atoms with Crippen molar-refractivity contribution in [1.29, 1.82) is 5.26 Å². The number of hydrogen-bond donors (Lipinski definition) is 1. The van der Waals surface area contributed by atoms with E-state index >= 15 is 0 Å². The molecular formula is C10H18N4O. The average Bonchev–Trinajstić information content (AvgIpc) is 2.65. The smallest absolute Gasteiger partial charge is 0.317 e. The predicted octanol–water partition coefficient (Wildman–Crippen LogP) is 0.247. The maximum Gasteiger partial charge on any atom is 0.317 e. The van der Waals surface area contributed by atoms with Crippen LogP contribution in [0.1, 0.15) is 13.3 Å². The SMILES string of the molecule is CCN(CCC#N)CCN1CCNC1=O. The van der Waals surface area contributed by atoms with Crippen LogP contribution in [0.25, 0.3) is 0 Å². The van der Waals surface area contributed by atoms with Gasteiger partial charge in [-0.05, 0) is 6.54 Å². The Kier molecular flexibility index (Phi) is 4.91. The zero-order chi connectivity index (χ0) is 11.1. The highest BCUT2D eigenvalue weighted by atomic mass is 16.2. The number of nitriles is 1. The lowest BCUT2D eigenvalue weighted by Crippen LogP contribution is -2.37. The molecule has 1 N–H and O–H groups in total. The normalized spacial score (nSPS) is 15.5. The molecule has 0 aliphatic carbocycles. The largest absolute Gasteiger partial charge is 0.336 e. The molecule has 1 fully saturated rings. The maximum absolute atomic E-state index is 11.2. The first-order valence-corrected chi connectivity index (χ1v) is 5.40. The lowest BCUT2D eigenvalue weighted by atomic mass is 10.4. The highest BCUT2D eigenvalue weighted by molar-refractivity contribution is 5.76. The Bertz CT molecular complexity index is 248. The van der Waals surface area contributed by atoms with E-state index in [-0.39, 0.29) is 6.03 Å². The van der Waals surface area contributed by atoms with Crippen LogP contribution in [0.4, 0.5) is 4.79 Å². The minimum atomic E-state index is 0.0336. The van der Waals surface area contributed by atoms with Crippen molar-refractivity contribution in [3.05, 3.63) is 0 Å². The van der Waals surface area contributed by atoms with Gasteiger partial charge < -0.3 is 15.1 Å². The Morgan fingerprint density at radius 1 is 1.60 bits per heavy atom. The van der Waals surface area contributed by atoms with Crippen LogP contribution in [0.5, 0.6) is 0 Å². The molecule has 0 aromatic heterocycles. The van der Waals surface area contributed by atoms with E-state index in [1.165, 1.54) is 0 Å². The highest BCUT2D eigenvalue weighted by Gasteiger charge is 2.19. The first-order valence-electron chi connectivity index (χ1n) is 5.40. The van der Waals surface area contributed by atoms with E-state index in [1.807, 2.05) is 4.90 Å². The summed E-state index contributed by atoms with van der Waals surface area (Å²) in [6.45, 7) is 6.95. The van der Waals surface area contributed by atoms with Crippen molar-refractivity contribution < 1.29 is 4.79 Å². The molecular weight excluding hydrogens is 192 g/mol. The van der Waals surface area contributed by atoms with Gasteiger partial charge in [0, 0.05) is 39.1 Å². The molecule has 0 spiro atoms. The standard InChI is InChI=1S/C10H18N4O/c1-2-13(6-3-4-11)8-9-14-7-5-12-10(14)15/h2-3,5-9H2,1H3,(H,12,15). The van der Waals surface area contributed by atoms with Crippen LogP contribution in [0.3, 0.4) is 0 Å². The van der Waals surface area contributed by atoms with Crippen molar-refractivity contribution in [2.75, 3.05) is 39.3 Å². The van der Waals surface area contributed by atoms with Crippen molar-refractivity contribution in [2.24, 2.45) is 0 Å². The van der Waals surface area contributed by atoms with Gasteiger partial charge in [0.2, 0.25) is 0 Å². The summed E-state index contributed by atoms with van der Waals surface area (Å²) in [6.07, 6.45) is 0.556. The van der Waals surface area contributed by atoms with Crippen LogP contribution in [0.15, 0.2) is 0 Å². The first kappa shape index (κ1) is 11.8. The zero-order valence-electron chi connectivity index (χ0n) is 9.20. The molecule has 15 heavy (non-hydrogen) atoms. The summed E-state index contributed by atoms with van der Waals surface area (Å²) in [6, 6.07) is 2.17. The minimum Gasteiger partial charge on any atom is -0.336 e. The second kappa shape index (κ2) is 6.25. The maximum atomic E-state index is 11.2. The molecule has 1 saturated heterocycles. The molecule has 0 unspecified atom stereocenters. The molecule has 5 nitrogen and oxygen atoms in total. The molecule has 0 aromatic rings. The van der Waals surface area contributed by atoms with Gasteiger partial charge in [-0.1, -0.05) is 6.92 Å². The quantitative estimate of drug-likeness (QED) is 0.683. The molecule has 5 heteroatoms. The van der Waals surface area contributed by atoms with Gasteiger partial charge in [-0.3, -0.25) is 0 Å². The van der Waals surface area contributed by atoms with Crippen LogP contribution in [-0.4, -0.2) is 55.1 Å². The second-order valence-electron chi connectivity index (χ2n) is 3.56. The van der Waals surface area contributed by atoms with E-state index in [4.69, 9.17) is 5.26 Å². The number of nitrogens with zero attached hydrogens (tertiary/aromatic N) is 3. The van der Waals surface area contributed by atoms with E-state index in [2.05, 4.69) is 23.2 Å². The number of hydrogen-bond acceptors (Lipinski definition) is 3. The van der Waals surface area contributed by atoms with Crippen LogP contribution in [0.2, 0.25) is 0 Å². The third-order valence-corrected chi connectivity index (χ3v) is 2.62. The summed E-state index contributed by atoms with van der Waals surface area (Å²) in [5, 5.41) is 11.3. The Morgan fingerprint density at radius 3 is 2.93 bits per heavy atom. The predicted molar refractivity (Wildman–Crippen MR) is 57.3 cm³/mol. The Hall–Kier alpha value is -1.28. The van der Waals surface area contributed by atoms with Gasteiger partial charge in [-0.15, -0.1) is 0 Å². The fourth-order valence-electron chi connectivity index (χ4n) is 1.62. The molecule has 84 valence electrons. The number of carbonyl (C=O) groups is 1. The van der Waals surface area contributed by atoms with E-state index in [0.29, 0.717) is 6.42 Å². The van der Waals surface area contributed by atoms with Gasteiger partial charge in [-0.25, -0.2) is 4.79 Å². The number of carbonyl (C=O) groups excluding carboxylic acids is 1. The molecule has 1 rings (SSSR count). The fraction of sp³-hybridized carbons (Fsp3) is 0.800. The van der Waals surface area contributed by atoms with E-state index < -0.39 is 0 Å². The van der Waals surface area contributed by atoms with Crippen molar-refractivity contribution in [2.45, 2.75) is 13.3 Å². The molecule has 1 aliphatic rings. The molecule has 0 aromatic carbocycles. The van der Waals surface area contributed by atoms with E-state index in [1.54, 1.807) is 0 Å². The minimum absolute atomic E-state index is 0.0336. The highest BCUT2D eigenvalue weighted by Crippen LogP contribution is 1.98. The summed E-state index contributed by atoms with van der Waals surface area (Å²) < 4.78 is 0. The molecule has 1 heterocycles. The fourth-order valence-corrected chi connectivity index (χ4v) is 1.62. The third-order valence-electron chi connectivity index (χ3n) is 2.62. The van der Waals surface area contributed by atoms with Crippen LogP contribution in [0, 0.1) is 11.3 Å². The van der Waals surface area contributed by atoms with Crippen molar-refractivity contribution in [3.8, 4) is 6.07 Å². The van der Waals surface area contributed by atoms with Crippen LogP contribution >= 0.6 is 0 Å². The molecule has 0 radical (unpaired) electrons. The average molecular weight is 210 g/mol. The van der Waals surface area contributed by atoms with Crippen LogP contribution in [-0.2, 0) is 0 Å². The number of nitrogens with one attached hydrogen (secondary N) is 1. The first-order chi connectivity index (χ1) is 7.27. The van der Waals surface area contributed by atoms with Gasteiger partial charge in [-0.2, -0.15) is 5.26 Å². The summed E-state index contributed by atoms with van der Waals surface area (Å²) in [5.74, 6) is 0. The Balaban J connectivity index is 2.21. The van der Waals surface area contributed by atoms with Crippen molar-refractivity contribution >= 4 is 6.03 Å². The summed E-state index contributed by atoms with van der Waals surface area (Å²) in [4.78, 5) is 15.2. The van der Waals surface area contributed by atoms with Gasteiger partial charge in [0.25, 0.3) is 0 Å². The molecule has 0 bridgehead atoms. The number of likely N-dealkylation sites (N-methyl/N-ethyl adjacent to an activating group) is 1. The molecule has 1 aliphatic heterocycles. The van der Waals surface area contributed by atoms with Gasteiger partial charge in [0.15, 0.2) is 0 Å². The summed E-state index contributed by atoms with van der Waals surface area (Å²) >= 11 is 0. The van der Waals surface area contributed by atoms with Gasteiger partial charge in [0.05, 0.1) is 6.07 Å². The zero-order valence-corrected chi connectivity index (χ0v) is 9.20. The van der Waals surface area contributed by atoms with E-state index in [0.717, 1.165) is 39.3 Å². The molecule has 2 amide bonds. The van der Waals surface area contributed by atoms with Crippen LogP contribution < -0.4 is 5.32 Å². The van der Waals surface area contributed by atoms with Gasteiger partial charge in [0.1, 0.15) is 0 Å². The van der Waals surface area contributed by atoms with Gasteiger partial charge >= 0.3 is 6.03 Å². The number of amides is 2. The summed E-state index contributed by atoms with van der Waals surface area (Å²) in [7, 11) is 0. The number of rotatable bonds is 6. The third kappa shape index (κ3) is 3.76. The lowest BCUT2D eigenvalue weighted by molar-refractivity contribution is 0.204. The summed E-state index contributed by atoms with van der Waals surface area (Å²) in [5.41, 5.74) is 0. The van der Waals surface area contributed by atoms with Crippen molar-refractivity contribution in [3.63, 3.8) is 0 Å². The molecule has 0 saturated carbocycles. The lowest BCUT2D eigenvalue weighted by Gasteiger charge is -2.22. The monoisotopic (exact) mass is 210 g/mol. The Morgan fingerprint density at radius 2 is 2.40 bits per heavy atom. The van der Waals surface area contributed by atoms with Crippen molar-refractivity contribution in [1.82, 2.24) is 15.1 Å². The van der Waals surface area contributed by atoms with E-state index in [9.17, 15) is 4.79 Å². The molecule has 0 atom stereocenters. The second-order valence-corrected chi connectivity index (χ2v) is 3.56. The Labute approximate surface area is 90.6 Å². The topological polar surface area (TPSA) is 59.4 Å². The number of urea groups is 1.